The molecular weight excluding hydrogens is 1190 g/mol. The van der Waals surface area contributed by atoms with Gasteiger partial charge in [0, 0.05) is 126 Å². The normalized spacial score (nSPS) is 10.5. The number of hydrogen-bond donors (Lipinski definition) is 0. The second kappa shape index (κ2) is 33.5. The summed E-state index contributed by atoms with van der Waals surface area (Å²) in [6, 6.07) is 38.5. The molecule has 0 saturated carbocycles. The summed E-state index contributed by atoms with van der Waals surface area (Å²) in [4.78, 5) is 26.4. The predicted molar refractivity (Wildman–Crippen MR) is 395 cm³/mol. The van der Waals surface area contributed by atoms with Gasteiger partial charge in [0.2, 0.25) is 34.2 Å². The van der Waals surface area contributed by atoms with Crippen molar-refractivity contribution >= 4 is 0 Å². The lowest BCUT2D eigenvalue weighted by Gasteiger charge is -2.09. The van der Waals surface area contributed by atoms with E-state index in [1.165, 1.54) is 134 Å². The van der Waals surface area contributed by atoms with Crippen LogP contribution in [-0.2, 0) is 42.3 Å². The largest absolute Gasteiger partial charge is 0.264 e. The fourth-order valence-electron chi connectivity index (χ4n) is 12.3. The zero-order valence-electron chi connectivity index (χ0n) is 62.6. The van der Waals surface area contributed by atoms with Crippen molar-refractivity contribution in [1.82, 2.24) is 29.9 Å². The van der Waals surface area contributed by atoms with E-state index in [9.17, 15) is 0 Å². The fourth-order valence-corrected chi connectivity index (χ4v) is 12.3. The maximum Gasteiger partial charge on any atom is 0.214 e. The Morgan fingerprint density at radius 3 is 0.990 bits per heavy atom. The van der Waals surface area contributed by atoms with Gasteiger partial charge in [-0.1, -0.05) is 0 Å². The molecule has 0 spiro atoms. The first-order chi connectivity index (χ1) is 45.9. The van der Waals surface area contributed by atoms with E-state index < -0.39 is 0 Å². The van der Waals surface area contributed by atoms with Crippen LogP contribution in [0.2, 0.25) is 0 Å². The molecule has 0 amide bonds. The van der Waals surface area contributed by atoms with E-state index in [1.54, 1.807) is 0 Å². The van der Waals surface area contributed by atoms with Crippen molar-refractivity contribution in [3.63, 3.8) is 0 Å². The molecule has 0 unspecified atom stereocenters. The van der Waals surface area contributed by atoms with E-state index in [4.69, 9.17) is 0 Å². The molecule has 12 nitrogen and oxygen atoms in total. The van der Waals surface area contributed by atoms with Crippen LogP contribution in [0.1, 0.15) is 107 Å². The quantitative estimate of drug-likeness (QED) is 0.154. The average Bonchev–Trinajstić information content (AvgIpc) is 1.01. The summed E-state index contributed by atoms with van der Waals surface area (Å²) in [6.07, 6.45) is 22.2. The maximum absolute atomic E-state index is 4.57. The second-order valence-corrected chi connectivity index (χ2v) is 26.3. The van der Waals surface area contributed by atoms with Crippen LogP contribution in [0.4, 0.5) is 0 Å². The van der Waals surface area contributed by atoms with Crippen LogP contribution in [0.5, 0.6) is 0 Å². The summed E-state index contributed by atoms with van der Waals surface area (Å²) >= 11 is 0. The summed E-state index contributed by atoms with van der Waals surface area (Å²) in [6.45, 7) is 39.8. The highest BCUT2D eigenvalue weighted by Gasteiger charge is 2.21. The van der Waals surface area contributed by atoms with Gasteiger partial charge in [-0.2, -0.15) is 0 Å². The molecule has 12 aromatic heterocycles. The monoisotopic (exact) mass is 1290 g/mol. The van der Waals surface area contributed by atoms with Crippen LogP contribution in [0, 0.1) is 132 Å². The lowest BCUT2D eigenvalue weighted by atomic mass is 10.0. The van der Waals surface area contributed by atoms with Gasteiger partial charge in [-0.15, -0.1) is 0 Å². The lowest BCUT2D eigenvalue weighted by Crippen LogP contribution is -2.31. The topological polar surface area (TPSA) is 101 Å². The van der Waals surface area contributed by atoms with Crippen LogP contribution >= 0.6 is 0 Å². The van der Waals surface area contributed by atoms with E-state index in [2.05, 4.69) is 344 Å². The number of pyridine rings is 12. The molecule has 12 heteroatoms. The molecule has 0 N–H and O–H groups in total. The van der Waals surface area contributed by atoms with Crippen LogP contribution < -0.4 is 27.4 Å². The van der Waals surface area contributed by atoms with Crippen molar-refractivity contribution in [2.45, 2.75) is 132 Å². The van der Waals surface area contributed by atoms with Gasteiger partial charge in [0.05, 0.1) is 50.5 Å². The second-order valence-electron chi connectivity index (χ2n) is 26.3. The average molecular weight is 1290 g/mol. The molecule has 97 heavy (non-hydrogen) atoms. The molecule has 0 fully saturated rings. The van der Waals surface area contributed by atoms with E-state index in [0.29, 0.717) is 0 Å². The van der Waals surface area contributed by atoms with Gasteiger partial charge in [0.1, 0.15) is 42.3 Å². The third kappa shape index (κ3) is 19.7. The van der Waals surface area contributed by atoms with Gasteiger partial charge >= 0.3 is 0 Å². The molecular formula is C85H104N12+6. The number of aryl methyl sites for hydroxylation is 25. The van der Waals surface area contributed by atoms with Gasteiger partial charge in [0.15, 0.2) is 37.2 Å². The van der Waals surface area contributed by atoms with Gasteiger partial charge in [-0.25, -0.2) is 27.4 Å². The Balaban J connectivity index is 0.000000164. The number of hydrogen-bond acceptors (Lipinski definition) is 6. The zero-order chi connectivity index (χ0) is 71.1. The molecule has 12 heterocycles. The van der Waals surface area contributed by atoms with E-state index in [0.717, 1.165) is 39.9 Å². The van der Waals surface area contributed by atoms with E-state index in [1.807, 2.05) is 64.7 Å². The standard InChI is InChI=1S/2C15H19N2.3C14H17N2.C13H15N2/c1-10-6-7-14(17(5)9-10)15-11(2)8-12(3)16-13(15)4;1-10-6-7-17(5)14(8-10)15-11(2)9-12(3)16-13(15)4;1-10-6-8-16(4)13(9-10)14-11(2)5-7-15-12(14)3;1-10-5-6-14(16(4)9-10)13-8-15-12(3)7-11(13)2;1-10-5-6-16(4)14(7-10)13-9-15-12(3)8-11(13)2;1-10-5-7-15(3)13(8-10)12-9-14-6-4-11(12)2/h2*6-9H,1-5H3;3*5-9H,1-4H3;4-9H,1-3H3/q6*+1. The zero-order valence-corrected chi connectivity index (χ0v) is 62.6. The first-order valence-corrected chi connectivity index (χ1v) is 33.3. The summed E-state index contributed by atoms with van der Waals surface area (Å²) in [5.74, 6) is 0. The molecule has 0 radical (unpaired) electrons. The highest BCUT2D eigenvalue weighted by atomic mass is 15.0. The predicted octanol–water partition coefficient (Wildman–Crippen LogP) is 15.3. The fraction of sp³-hybridized carbons (Fsp3) is 0.294. The van der Waals surface area contributed by atoms with E-state index in [-0.39, 0.29) is 0 Å². The minimum Gasteiger partial charge on any atom is -0.264 e. The molecule has 12 aromatic rings. The van der Waals surface area contributed by atoms with Crippen molar-refractivity contribution in [3.8, 4) is 67.5 Å². The minimum absolute atomic E-state index is 1.07. The molecule has 0 saturated heterocycles. The first kappa shape index (κ1) is 74.2. The SMILES string of the molecule is Cc1cc[n+](C)c(-c2c(C)cc(C)nc2C)c1.Cc1cc[n+](C)c(-c2c(C)ccnc2C)c1.Cc1cc[n+](C)c(-c2cnc(C)cc2C)c1.Cc1cc[n+](C)c(-c2cnccc2C)c1.Cc1ccc(-c2c(C)cc(C)nc2C)[n+](C)c1.Cc1ccc(-c2cnc(C)cc2C)[n+](C)c1. The Hall–Kier alpha value is -10.2. The summed E-state index contributed by atoms with van der Waals surface area (Å²) in [7, 11) is 12.4. The number of nitrogens with zero attached hydrogens (tertiary/aromatic N) is 12. The summed E-state index contributed by atoms with van der Waals surface area (Å²) < 4.78 is 12.9. The molecule has 0 aliphatic carbocycles. The molecule has 0 aliphatic rings. The van der Waals surface area contributed by atoms with Crippen LogP contribution in [-0.4, -0.2) is 29.9 Å². The Bertz CT molecular complexity index is 4660. The van der Waals surface area contributed by atoms with Crippen LogP contribution in [0.25, 0.3) is 67.5 Å². The highest BCUT2D eigenvalue weighted by Crippen LogP contribution is 2.28. The van der Waals surface area contributed by atoms with Crippen molar-refractivity contribution < 1.29 is 27.4 Å². The number of aromatic nitrogens is 12. The molecule has 498 valence electrons. The molecule has 0 aromatic carbocycles. The van der Waals surface area contributed by atoms with Gasteiger partial charge in [-0.05, 0) is 236 Å². The third-order valence-electron chi connectivity index (χ3n) is 17.3. The Labute approximate surface area is 579 Å². The molecule has 0 aliphatic heterocycles. The Kier molecular flexibility index (Phi) is 25.6. The highest BCUT2D eigenvalue weighted by molar-refractivity contribution is 5.67. The first-order valence-electron chi connectivity index (χ1n) is 33.3. The van der Waals surface area contributed by atoms with Crippen molar-refractivity contribution in [2.75, 3.05) is 0 Å². The summed E-state index contributed by atoms with van der Waals surface area (Å²) in [5.41, 5.74) is 37.5. The van der Waals surface area contributed by atoms with E-state index >= 15 is 0 Å². The van der Waals surface area contributed by atoms with Crippen LogP contribution in [0.15, 0.2) is 177 Å². The Morgan fingerprint density at radius 1 is 0.247 bits per heavy atom. The van der Waals surface area contributed by atoms with Gasteiger partial charge in [-0.3, -0.25) is 29.9 Å². The third-order valence-corrected chi connectivity index (χ3v) is 17.3. The van der Waals surface area contributed by atoms with Crippen molar-refractivity contribution in [1.29, 1.82) is 0 Å². The van der Waals surface area contributed by atoms with Gasteiger partial charge < -0.3 is 0 Å². The lowest BCUT2D eigenvalue weighted by molar-refractivity contribution is -0.660. The summed E-state index contributed by atoms with van der Waals surface area (Å²) in [5, 5.41) is 0. The molecule has 0 bridgehead atoms. The Morgan fingerprint density at radius 2 is 0.598 bits per heavy atom. The van der Waals surface area contributed by atoms with Crippen molar-refractivity contribution in [3.05, 3.63) is 284 Å². The van der Waals surface area contributed by atoms with Crippen LogP contribution in [0.3, 0.4) is 0 Å². The molecule has 0 atom stereocenters. The number of rotatable bonds is 6. The minimum atomic E-state index is 1.07. The van der Waals surface area contributed by atoms with Gasteiger partial charge in [0.25, 0.3) is 0 Å². The van der Waals surface area contributed by atoms with Crippen molar-refractivity contribution in [2.24, 2.45) is 42.3 Å². The maximum atomic E-state index is 4.57. The molecule has 12 rings (SSSR count). The smallest absolute Gasteiger partial charge is 0.214 e.